The van der Waals surface area contributed by atoms with E-state index in [2.05, 4.69) is 93.6 Å². The van der Waals surface area contributed by atoms with Gasteiger partial charge in [0.1, 0.15) is 11.5 Å². The summed E-state index contributed by atoms with van der Waals surface area (Å²) < 4.78 is 0. The molecule has 2 atom stereocenters. The van der Waals surface area contributed by atoms with E-state index >= 15 is 0 Å². The first-order valence-corrected chi connectivity index (χ1v) is 16.0. The van der Waals surface area contributed by atoms with E-state index in [-0.39, 0.29) is 16.2 Å². The zero-order valence-corrected chi connectivity index (χ0v) is 25.4. The van der Waals surface area contributed by atoms with Gasteiger partial charge in [-0.05, 0) is 119 Å². The minimum Gasteiger partial charge on any atom is -0.507 e. The van der Waals surface area contributed by atoms with E-state index in [1.807, 2.05) is 24.3 Å². The predicted molar refractivity (Wildman–Crippen MR) is 173 cm³/mol. The second-order valence-electron chi connectivity index (χ2n) is 14.6. The van der Waals surface area contributed by atoms with Gasteiger partial charge in [-0.25, -0.2) is 0 Å². The second-order valence-corrected chi connectivity index (χ2v) is 14.6. The van der Waals surface area contributed by atoms with E-state index < -0.39 is 0 Å². The first-order valence-electron chi connectivity index (χ1n) is 16.0. The maximum absolute atomic E-state index is 11.0. The lowest BCUT2D eigenvalue weighted by molar-refractivity contribution is -0.162. The van der Waals surface area contributed by atoms with Crippen LogP contribution in [0.5, 0.6) is 11.5 Å². The van der Waals surface area contributed by atoms with Gasteiger partial charge in [-0.2, -0.15) is 0 Å². The lowest BCUT2D eigenvalue weighted by Crippen LogP contribution is -2.65. The highest BCUT2D eigenvalue weighted by molar-refractivity contribution is 5.72. The fraction of sp³-hybridized carbons (Fsp3) is 0.400. The van der Waals surface area contributed by atoms with Gasteiger partial charge in [-0.3, -0.25) is 0 Å². The summed E-state index contributed by atoms with van der Waals surface area (Å²) in [6.07, 6.45) is 9.80. The zero-order valence-electron chi connectivity index (χ0n) is 25.4. The average molecular weight is 557 g/mol. The van der Waals surface area contributed by atoms with Crippen LogP contribution in [0.15, 0.2) is 97.1 Å². The van der Waals surface area contributed by atoms with E-state index in [1.165, 1.54) is 56.1 Å². The number of benzene rings is 4. The second kappa shape index (κ2) is 9.76. The molecule has 2 unspecified atom stereocenters. The van der Waals surface area contributed by atoms with Crippen molar-refractivity contribution >= 4 is 0 Å². The highest BCUT2D eigenvalue weighted by Gasteiger charge is 2.68. The van der Waals surface area contributed by atoms with Gasteiger partial charge < -0.3 is 10.2 Å². The molecule has 0 saturated heterocycles. The van der Waals surface area contributed by atoms with Crippen LogP contribution in [0.2, 0.25) is 0 Å². The SMILES string of the molecule is CCCC12CC3(c4ccc(O)c(-c5ccccc5)c4)CC(c4ccc(O)c(-c5ccccc5)c4)(C1)CC(C(C)C)(C2)C3. The van der Waals surface area contributed by atoms with E-state index in [0.717, 1.165) is 28.7 Å². The molecule has 4 aliphatic rings. The van der Waals surface area contributed by atoms with E-state index in [9.17, 15) is 10.2 Å². The molecule has 2 N–H and O–H groups in total. The Labute approximate surface area is 251 Å². The van der Waals surface area contributed by atoms with Crippen LogP contribution in [0.3, 0.4) is 0 Å². The first kappa shape index (κ1) is 27.3. The average Bonchev–Trinajstić information content (AvgIpc) is 2.97. The third kappa shape index (κ3) is 4.21. The van der Waals surface area contributed by atoms with Crippen molar-refractivity contribution in [2.75, 3.05) is 0 Å². The molecule has 0 aromatic heterocycles. The lowest BCUT2D eigenvalue weighted by Gasteiger charge is -2.72. The third-order valence-corrected chi connectivity index (χ3v) is 11.6. The van der Waals surface area contributed by atoms with Crippen molar-refractivity contribution in [2.24, 2.45) is 16.7 Å². The summed E-state index contributed by atoms with van der Waals surface area (Å²) in [5.74, 6) is 1.30. The normalized spacial score (nSPS) is 29.7. The van der Waals surface area contributed by atoms with Crippen LogP contribution in [0.25, 0.3) is 22.3 Å². The van der Waals surface area contributed by atoms with Crippen LogP contribution in [0.1, 0.15) is 83.3 Å². The molecule has 4 saturated carbocycles. The van der Waals surface area contributed by atoms with Crippen molar-refractivity contribution in [2.45, 2.75) is 83.0 Å². The van der Waals surface area contributed by atoms with Crippen LogP contribution >= 0.6 is 0 Å². The Morgan fingerprint density at radius 3 is 1.50 bits per heavy atom. The molecule has 4 aliphatic carbocycles. The number of hydrogen-bond donors (Lipinski definition) is 2. The summed E-state index contributed by atoms with van der Waals surface area (Å²) in [7, 11) is 0. The number of hydrogen-bond acceptors (Lipinski definition) is 2. The molecule has 216 valence electrons. The topological polar surface area (TPSA) is 40.5 Å². The molecule has 4 aromatic carbocycles. The molecule has 4 aromatic rings. The van der Waals surface area contributed by atoms with Gasteiger partial charge in [-0.1, -0.05) is 100.0 Å². The fourth-order valence-electron chi connectivity index (χ4n) is 10.4. The van der Waals surface area contributed by atoms with E-state index in [1.54, 1.807) is 0 Å². The molecule has 2 heteroatoms. The van der Waals surface area contributed by atoms with Crippen molar-refractivity contribution in [3.05, 3.63) is 108 Å². The maximum Gasteiger partial charge on any atom is 0.123 e. The van der Waals surface area contributed by atoms with Crippen molar-refractivity contribution in [1.29, 1.82) is 0 Å². The molecule has 0 amide bonds. The van der Waals surface area contributed by atoms with E-state index in [0.29, 0.717) is 22.8 Å². The lowest BCUT2D eigenvalue weighted by atomic mass is 9.32. The quantitative estimate of drug-likeness (QED) is 0.238. The molecule has 0 spiro atoms. The largest absolute Gasteiger partial charge is 0.507 e. The van der Waals surface area contributed by atoms with Crippen LogP contribution in [0, 0.1) is 16.7 Å². The summed E-state index contributed by atoms with van der Waals surface area (Å²) in [5.41, 5.74) is 7.49. The molecule has 42 heavy (non-hydrogen) atoms. The van der Waals surface area contributed by atoms with Crippen molar-refractivity contribution in [3.8, 4) is 33.8 Å². The molecule has 4 bridgehead atoms. The molecule has 0 radical (unpaired) electrons. The first-order chi connectivity index (χ1) is 20.2. The van der Waals surface area contributed by atoms with Gasteiger partial charge in [0.25, 0.3) is 0 Å². The summed E-state index contributed by atoms with van der Waals surface area (Å²) in [6, 6.07) is 33.8. The van der Waals surface area contributed by atoms with Gasteiger partial charge in [-0.15, -0.1) is 0 Å². The predicted octanol–water partition coefficient (Wildman–Crippen LogP) is 10.4. The van der Waals surface area contributed by atoms with E-state index in [4.69, 9.17) is 0 Å². The molecule has 0 aliphatic heterocycles. The summed E-state index contributed by atoms with van der Waals surface area (Å²) in [5, 5.41) is 22.0. The monoisotopic (exact) mass is 556 g/mol. The van der Waals surface area contributed by atoms with Crippen LogP contribution in [-0.2, 0) is 10.8 Å². The Morgan fingerprint density at radius 1 is 0.595 bits per heavy atom. The Kier molecular flexibility index (Phi) is 6.35. The van der Waals surface area contributed by atoms with Crippen LogP contribution < -0.4 is 0 Å². The Balaban J connectivity index is 1.43. The standard InChI is InChI=1S/C40H44O2/c1-4-19-37-22-38(28(2)3)25-39(23-37,31-15-17-35(41)33(20-31)29-11-7-5-8-12-29)27-40(24-37,26-38)32-16-18-36(42)34(21-32)30-13-9-6-10-14-30/h5-18,20-21,28,41-42H,4,19,22-27H2,1-3H3. The summed E-state index contributed by atoms with van der Waals surface area (Å²) in [6.45, 7) is 7.29. The number of aromatic hydroxyl groups is 2. The van der Waals surface area contributed by atoms with Gasteiger partial charge in [0, 0.05) is 11.1 Å². The highest BCUT2D eigenvalue weighted by atomic mass is 16.3. The minimum atomic E-state index is 0.0518. The Bertz CT molecular complexity index is 1500. The highest BCUT2D eigenvalue weighted by Crippen LogP contribution is 2.76. The Hall–Kier alpha value is -3.52. The zero-order chi connectivity index (χ0) is 29.2. The summed E-state index contributed by atoms with van der Waals surface area (Å²) >= 11 is 0. The van der Waals surface area contributed by atoms with Gasteiger partial charge in [0.2, 0.25) is 0 Å². The van der Waals surface area contributed by atoms with Crippen molar-refractivity contribution < 1.29 is 10.2 Å². The minimum absolute atomic E-state index is 0.0518. The number of phenolic OH excluding ortho intramolecular Hbond substituents is 2. The van der Waals surface area contributed by atoms with Gasteiger partial charge in [0.15, 0.2) is 0 Å². The third-order valence-electron chi connectivity index (χ3n) is 11.6. The van der Waals surface area contributed by atoms with Gasteiger partial charge >= 0.3 is 0 Å². The van der Waals surface area contributed by atoms with Crippen LogP contribution in [0.4, 0.5) is 0 Å². The van der Waals surface area contributed by atoms with Crippen molar-refractivity contribution in [3.63, 3.8) is 0 Å². The molecule has 8 rings (SSSR count). The van der Waals surface area contributed by atoms with Gasteiger partial charge in [0.05, 0.1) is 0 Å². The van der Waals surface area contributed by atoms with Crippen molar-refractivity contribution in [1.82, 2.24) is 0 Å². The molecule has 2 nitrogen and oxygen atoms in total. The number of rotatable bonds is 7. The Morgan fingerprint density at radius 2 is 1.07 bits per heavy atom. The summed E-state index contributed by atoms with van der Waals surface area (Å²) in [4.78, 5) is 0. The molecule has 0 heterocycles. The van der Waals surface area contributed by atoms with Crippen LogP contribution in [-0.4, -0.2) is 10.2 Å². The molecular formula is C40H44O2. The molecular weight excluding hydrogens is 512 g/mol. The molecule has 4 fully saturated rings. The fourth-order valence-corrected chi connectivity index (χ4v) is 10.4. The smallest absolute Gasteiger partial charge is 0.123 e. The number of phenols is 2. The maximum atomic E-state index is 11.0.